The summed E-state index contributed by atoms with van der Waals surface area (Å²) in [5, 5.41) is 12.9. The lowest BCUT2D eigenvalue weighted by Gasteiger charge is -2.05. The number of hydrogen-bond donors (Lipinski definition) is 1. The Morgan fingerprint density at radius 1 is 1.40 bits per heavy atom. The first kappa shape index (κ1) is 15.5. The summed E-state index contributed by atoms with van der Waals surface area (Å²) in [4.78, 5) is 32.5. The number of benzene rings is 1. The minimum atomic E-state index is -0.880. The van der Waals surface area contributed by atoms with Gasteiger partial charge in [-0.3, -0.25) is 19.7 Å². The van der Waals surface area contributed by atoms with Crippen molar-refractivity contribution in [3.05, 3.63) is 39.7 Å². The van der Waals surface area contributed by atoms with Crippen LogP contribution in [-0.4, -0.2) is 30.0 Å². The normalized spacial score (nSPS) is 9.90. The van der Waals surface area contributed by atoms with Crippen molar-refractivity contribution in [2.45, 2.75) is 13.3 Å². The first-order valence-corrected chi connectivity index (χ1v) is 5.83. The molecule has 0 aliphatic carbocycles. The first-order chi connectivity index (χ1) is 9.43. The number of amides is 1. The van der Waals surface area contributed by atoms with Crippen LogP contribution in [0.5, 0.6) is 0 Å². The van der Waals surface area contributed by atoms with E-state index in [0.717, 1.165) is 18.2 Å². The Balaban J connectivity index is 2.64. The largest absolute Gasteiger partial charge is 0.466 e. The number of halogens is 1. The Bertz CT molecular complexity index is 533. The second kappa shape index (κ2) is 7.17. The van der Waals surface area contributed by atoms with Crippen molar-refractivity contribution >= 4 is 17.6 Å². The van der Waals surface area contributed by atoms with E-state index in [9.17, 15) is 24.1 Å². The molecule has 0 radical (unpaired) electrons. The highest BCUT2D eigenvalue weighted by Crippen LogP contribution is 2.16. The SMILES string of the molecule is CCOC(=O)CCNC(=O)c1cc(F)cc([N+](=O)[O-])c1. The molecule has 0 aromatic heterocycles. The van der Waals surface area contributed by atoms with Crippen LogP contribution in [-0.2, 0) is 9.53 Å². The number of non-ortho nitro benzene ring substituents is 1. The third-order valence-electron chi connectivity index (χ3n) is 2.28. The van der Waals surface area contributed by atoms with Crippen molar-refractivity contribution in [2.24, 2.45) is 0 Å². The molecule has 0 aliphatic heterocycles. The number of esters is 1. The molecule has 0 spiro atoms. The highest BCUT2D eigenvalue weighted by molar-refractivity contribution is 5.95. The summed E-state index contributed by atoms with van der Waals surface area (Å²) in [5.74, 6) is -2.05. The van der Waals surface area contributed by atoms with Crippen LogP contribution in [0.4, 0.5) is 10.1 Å². The number of hydrogen-bond acceptors (Lipinski definition) is 5. The van der Waals surface area contributed by atoms with Crippen molar-refractivity contribution in [3.63, 3.8) is 0 Å². The van der Waals surface area contributed by atoms with Gasteiger partial charge in [-0.25, -0.2) is 4.39 Å². The van der Waals surface area contributed by atoms with Gasteiger partial charge in [0.1, 0.15) is 5.82 Å². The summed E-state index contributed by atoms with van der Waals surface area (Å²) in [6.45, 7) is 1.90. The molecule has 108 valence electrons. The molecule has 1 rings (SSSR count). The van der Waals surface area contributed by atoms with E-state index in [1.165, 1.54) is 0 Å². The van der Waals surface area contributed by atoms with Gasteiger partial charge in [0.05, 0.1) is 24.0 Å². The molecule has 1 N–H and O–H groups in total. The molecule has 0 saturated carbocycles. The van der Waals surface area contributed by atoms with Gasteiger partial charge < -0.3 is 10.1 Å². The van der Waals surface area contributed by atoms with Gasteiger partial charge in [0, 0.05) is 18.2 Å². The van der Waals surface area contributed by atoms with Gasteiger partial charge in [-0.15, -0.1) is 0 Å². The lowest BCUT2D eigenvalue weighted by Crippen LogP contribution is -2.26. The summed E-state index contributed by atoms with van der Waals surface area (Å²) in [7, 11) is 0. The van der Waals surface area contributed by atoms with E-state index in [0.29, 0.717) is 0 Å². The molecule has 0 heterocycles. The molecule has 7 nitrogen and oxygen atoms in total. The van der Waals surface area contributed by atoms with Gasteiger partial charge in [0.2, 0.25) is 0 Å². The highest BCUT2D eigenvalue weighted by Gasteiger charge is 2.14. The lowest BCUT2D eigenvalue weighted by atomic mass is 10.2. The van der Waals surface area contributed by atoms with Crippen molar-refractivity contribution in [2.75, 3.05) is 13.2 Å². The Hall–Kier alpha value is -2.51. The maximum Gasteiger partial charge on any atom is 0.307 e. The van der Waals surface area contributed by atoms with Crippen LogP contribution in [0.3, 0.4) is 0 Å². The Morgan fingerprint density at radius 2 is 2.10 bits per heavy atom. The molecular weight excluding hydrogens is 271 g/mol. The summed E-state index contributed by atoms with van der Waals surface area (Å²) in [6.07, 6.45) is -0.0308. The summed E-state index contributed by atoms with van der Waals surface area (Å²) in [6, 6.07) is 2.56. The summed E-state index contributed by atoms with van der Waals surface area (Å²) < 4.78 is 17.8. The lowest BCUT2D eigenvalue weighted by molar-refractivity contribution is -0.385. The van der Waals surface area contributed by atoms with Gasteiger partial charge in [0.15, 0.2) is 0 Å². The minimum absolute atomic E-state index is 0.00196. The van der Waals surface area contributed by atoms with Crippen molar-refractivity contribution in [3.8, 4) is 0 Å². The summed E-state index contributed by atoms with van der Waals surface area (Å²) in [5.41, 5.74) is -0.693. The highest BCUT2D eigenvalue weighted by atomic mass is 19.1. The number of nitrogens with one attached hydrogen (secondary N) is 1. The number of rotatable bonds is 6. The Morgan fingerprint density at radius 3 is 2.70 bits per heavy atom. The number of nitro groups is 1. The number of ether oxygens (including phenoxy) is 1. The predicted molar refractivity (Wildman–Crippen MR) is 66.6 cm³/mol. The smallest absolute Gasteiger partial charge is 0.307 e. The van der Waals surface area contributed by atoms with Crippen LogP contribution >= 0.6 is 0 Å². The van der Waals surface area contributed by atoms with E-state index < -0.39 is 28.3 Å². The predicted octanol–water partition coefficient (Wildman–Crippen LogP) is 1.42. The molecule has 1 aromatic rings. The van der Waals surface area contributed by atoms with Crippen LogP contribution in [0, 0.1) is 15.9 Å². The van der Waals surface area contributed by atoms with E-state index in [-0.39, 0.29) is 25.1 Å². The standard InChI is InChI=1S/C12H13FN2O5/c1-2-20-11(16)3-4-14-12(17)8-5-9(13)7-10(6-8)15(18)19/h5-7H,2-4H2,1H3,(H,14,17). The van der Waals surface area contributed by atoms with Crippen LogP contribution < -0.4 is 5.32 Å². The monoisotopic (exact) mass is 284 g/mol. The average Bonchev–Trinajstić information content (AvgIpc) is 2.38. The molecular formula is C12H13FN2O5. The van der Waals surface area contributed by atoms with Crippen LogP contribution in [0.15, 0.2) is 18.2 Å². The molecule has 0 aliphatic rings. The summed E-state index contributed by atoms with van der Waals surface area (Å²) >= 11 is 0. The van der Waals surface area contributed by atoms with E-state index in [2.05, 4.69) is 10.1 Å². The first-order valence-electron chi connectivity index (χ1n) is 5.83. The van der Waals surface area contributed by atoms with Crippen LogP contribution in [0.25, 0.3) is 0 Å². The Kier molecular flexibility index (Phi) is 5.57. The maximum absolute atomic E-state index is 13.1. The number of nitrogens with zero attached hydrogens (tertiary/aromatic N) is 1. The van der Waals surface area contributed by atoms with Gasteiger partial charge >= 0.3 is 5.97 Å². The fraction of sp³-hybridized carbons (Fsp3) is 0.333. The third kappa shape index (κ3) is 4.63. The third-order valence-corrected chi connectivity index (χ3v) is 2.28. The molecule has 0 saturated heterocycles. The molecule has 0 atom stereocenters. The number of carbonyl (C=O) groups excluding carboxylic acids is 2. The van der Waals surface area contributed by atoms with Gasteiger partial charge in [-0.05, 0) is 13.0 Å². The van der Waals surface area contributed by atoms with Gasteiger partial charge in [0.25, 0.3) is 11.6 Å². The van der Waals surface area contributed by atoms with E-state index in [1.54, 1.807) is 6.92 Å². The fourth-order valence-corrected chi connectivity index (χ4v) is 1.42. The van der Waals surface area contributed by atoms with E-state index in [1.807, 2.05) is 0 Å². The van der Waals surface area contributed by atoms with E-state index in [4.69, 9.17) is 0 Å². The number of nitro benzene ring substituents is 1. The quantitative estimate of drug-likeness (QED) is 0.484. The molecule has 1 amide bonds. The average molecular weight is 284 g/mol. The molecule has 1 aromatic carbocycles. The van der Waals surface area contributed by atoms with Crippen LogP contribution in [0.2, 0.25) is 0 Å². The van der Waals surface area contributed by atoms with Crippen molar-refractivity contribution < 1.29 is 23.6 Å². The molecule has 20 heavy (non-hydrogen) atoms. The molecule has 0 unspecified atom stereocenters. The van der Waals surface area contributed by atoms with Crippen LogP contribution in [0.1, 0.15) is 23.7 Å². The number of carbonyl (C=O) groups is 2. The maximum atomic E-state index is 13.1. The second-order valence-corrected chi connectivity index (χ2v) is 3.77. The molecule has 0 bridgehead atoms. The zero-order valence-electron chi connectivity index (χ0n) is 10.7. The zero-order chi connectivity index (χ0) is 15.1. The van der Waals surface area contributed by atoms with Crippen molar-refractivity contribution in [1.29, 1.82) is 0 Å². The minimum Gasteiger partial charge on any atom is -0.466 e. The van der Waals surface area contributed by atoms with E-state index >= 15 is 0 Å². The fourth-order valence-electron chi connectivity index (χ4n) is 1.42. The zero-order valence-corrected chi connectivity index (χ0v) is 10.7. The van der Waals surface area contributed by atoms with Gasteiger partial charge in [-0.2, -0.15) is 0 Å². The molecule has 0 fully saturated rings. The van der Waals surface area contributed by atoms with Crippen molar-refractivity contribution in [1.82, 2.24) is 5.32 Å². The van der Waals surface area contributed by atoms with Gasteiger partial charge in [-0.1, -0.05) is 0 Å². The second-order valence-electron chi connectivity index (χ2n) is 3.77. The topological polar surface area (TPSA) is 98.5 Å². The Labute approximate surface area is 113 Å². The molecule has 8 heteroatoms.